The van der Waals surface area contributed by atoms with Gasteiger partial charge in [0.2, 0.25) is 5.91 Å². The average molecular weight is 527 g/mol. The largest absolute Gasteiger partial charge is 0.480 e. The number of aliphatic carboxylic acids is 1. The highest BCUT2D eigenvalue weighted by molar-refractivity contribution is 8.00. The summed E-state index contributed by atoms with van der Waals surface area (Å²) < 4.78 is 11.5. The zero-order valence-electron chi connectivity index (χ0n) is 21.8. The van der Waals surface area contributed by atoms with Crippen molar-refractivity contribution in [1.29, 1.82) is 0 Å². The average Bonchev–Trinajstić information content (AvgIpc) is 3.33. The number of carboxylic acid groups (broad SMARTS) is 1. The zero-order valence-corrected chi connectivity index (χ0v) is 22.6. The molecule has 37 heavy (non-hydrogen) atoms. The molecule has 4 rings (SSSR count). The first-order valence-corrected chi connectivity index (χ1v) is 13.3. The lowest BCUT2D eigenvalue weighted by Gasteiger charge is -2.36. The summed E-state index contributed by atoms with van der Waals surface area (Å²) >= 11 is 1.39. The van der Waals surface area contributed by atoms with E-state index in [0.29, 0.717) is 0 Å². The lowest BCUT2D eigenvalue weighted by atomic mass is 9.98. The first-order valence-electron chi connectivity index (χ1n) is 12.3. The normalized spacial score (nSPS) is 19.2. The Kier molecular flexibility index (Phi) is 7.57. The van der Waals surface area contributed by atoms with Crippen LogP contribution in [0.2, 0.25) is 0 Å². The second-order valence-electron chi connectivity index (χ2n) is 10.8. The third-order valence-corrected chi connectivity index (χ3v) is 8.01. The van der Waals surface area contributed by atoms with Crippen molar-refractivity contribution >= 4 is 29.7 Å². The van der Waals surface area contributed by atoms with Gasteiger partial charge in [-0.15, -0.1) is 11.8 Å². The van der Waals surface area contributed by atoms with Gasteiger partial charge < -0.3 is 24.8 Å². The minimum absolute atomic E-state index is 0.101. The Labute approximate surface area is 221 Å². The first kappa shape index (κ1) is 27.0. The molecule has 2 amide bonds. The van der Waals surface area contributed by atoms with Gasteiger partial charge in [-0.05, 0) is 56.9 Å². The number of rotatable bonds is 7. The van der Waals surface area contributed by atoms with E-state index in [2.05, 4.69) is 17.4 Å². The number of nitrogens with zero attached hydrogens (tertiary/aromatic N) is 1. The highest BCUT2D eigenvalue weighted by atomic mass is 32.2. The molecule has 2 aliphatic rings. The van der Waals surface area contributed by atoms with E-state index in [1.165, 1.54) is 16.7 Å². The van der Waals surface area contributed by atoms with Crippen LogP contribution in [0, 0.1) is 0 Å². The fourth-order valence-electron chi connectivity index (χ4n) is 4.86. The van der Waals surface area contributed by atoms with Crippen molar-refractivity contribution in [3.05, 3.63) is 59.7 Å². The van der Waals surface area contributed by atoms with Gasteiger partial charge in [0.15, 0.2) is 0 Å². The maximum Gasteiger partial charge on any atom is 0.407 e. The number of alkyl carbamates (subject to hydrolysis) is 1. The predicted octanol–water partition coefficient (Wildman–Crippen LogP) is 4.47. The van der Waals surface area contributed by atoms with Crippen LogP contribution in [0.4, 0.5) is 4.79 Å². The second-order valence-corrected chi connectivity index (χ2v) is 12.4. The van der Waals surface area contributed by atoms with Gasteiger partial charge in [0.25, 0.3) is 0 Å². The topological polar surface area (TPSA) is 105 Å². The third kappa shape index (κ3) is 5.78. The molecule has 1 aliphatic carbocycles. The Balaban J connectivity index is 1.50. The van der Waals surface area contributed by atoms with E-state index >= 15 is 0 Å². The van der Waals surface area contributed by atoms with Gasteiger partial charge in [-0.2, -0.15) is 0 Å². The molecule has 1 fully saturated rings. The summed E-state index contributed by atoms with van der Waals surface area (Å²) in [5, 5.41) is 12.4. The number of fused-ring (bicyclic) bond motifs is 3. The van der Waals surface area contributed by atoms with E-state index in [0.717, 1.165) is 22.3 Å². The quantitative estimate of drug-likeness (QED) is 0.548. The standard InChI is InChI=1S/C28H34N2O6S/c1-27(2,3)36-15-22(24(31)30-23(25(32)33)16-37-28(30,4)5)29-26(34)35-14-21-19-12-8-6-10-17(19)18-11-7-9-13-20(18)21/h6-13,21-23H,14-16H2,1-5H3,(H,29,34)(H,32,33). The van der Waals surface area contributed by atoms with Gasteiger partial charge in [-0.3, -0.25) is 4.79 Å². The molecule has 9 heteroatoms. The number of hydrogen-bond acceptors (Lipinski definition) is 6. The molecule has 0 aromatic heterocycles. The smallest absolute Gasteiger partial charge is 0.407 e. The Morgan fingerprint density at radius 2 is 1.65 bits per heavy atom. The predicted molar refractivity (Wildman–Crippen MR) is 143 cm³/mol. The van der Waals surface area contributed by atoms with E-state index in [-0.39, 0.29) is 24.9 Å². The van der Waals surface area contributed by atoms with E-state index in [1.54, 1.807) is 13.8 Å². The highest BCUT2D eigenvalue weighted by Gasteiger charge is 2.48. The number of amides is 2. The molecular weight excluding hydrogens is 492 g/mol. The maximum absolute atomic E-state index is 13.6. The number of ether oxygens (including phenoxy) is 2. The molecule has 2 unspecified atom stereocenters. The number of benzene rings is 2. The van der Waals surface area contributed by atoms with Gasteiger partial charge >= 0.3 is 12.1 Å². The maximum atomic E-state index is 13.6. The number of nitrogens with one attached hydrogen (secondary N) is 1. The molecule has 1 aliphatic heterocycles. The van der Waals surface area contributed by atoms with Crippen LogP contribution in [0.1, 0.15) is 51.7 Å². The Morgan fingerprint density at radius 3 is 2.19 bits per heavy atom. The van der Waals surface area contributed by atoms with Crippen LogP contribution in [-0.2, 0) is 19.1 Å². The monoisotopic (exact) mass is 526 g/mol. The Bertz CT molecular complexity index is 1150. The lowest BCUT2D eigenvalue weighted by molar-refractivity contribution is -0.153. The fourth-order valence-corrected chi connectivity index (χ4v) is 6.07. The molecular formula is C28H34N2O6S. The number of thioether (sulfide) groups is 1. The van der Waals surface area contributed by atoms with E-state index in [1.807, 2.05) is 57.2 Å². The van der Waals surface area contributed by atoms with Crippen LogP contribution in [0.3, 0.4) is 0 Å². The van der Waals surface area contributed by atoms with Crippen molar-refractivity contribution < 1.29 is 29.0 Å². The van der Waals surface area contributed by atoms with E-state index < -0.39 is 40.5 Å². The summed E-state index contributed by atoms with van der Waals surface area (Å²) in [6, 6.07) is 14.0. The molecule has 2 aromatic carbocycles. The van der Waals surface area contributed by atoms with Gasteiger partial charge in [0.05, 0.1) is 17.1 Å². The zero-order chi connectivity index (χ0) is 27.0. The summed E-state index contributed by atoms with van der Waals surface area (Å²) in [6.45, 7) is 9.12. The molecule has 198 valence electrons. The van der Waals surface area contributed by atoms with Crippen molar-refractivity contribution in [2.24, 2.45) is 0 Å². The highest BCUT2D eigenvalue weighted by Crippen LogP contribution is 2.44. The van der Waals surface area contributed by atoms with E-state index in [4.69, 9.17) is 9.47 Å². The first-order chi connectivity index (χ1) is 17.4. The van der Waals surface area contributed by atoms with Gasteiger partial charge in [-0.25, -0.2) is 9.59 Å². The molecule has 1 heterocycles. The summed E-state index contributed by atoms with van der Waals surface area (Å²) in [7, 11) is 0. The van der Waals surface area contributed by atoms with Crippen molar-refractivity contribution in [2.45, 2.75) is 63.1 Å². The van der Waals surface area contributed by atoms with Crippen LogP contribution >= 0.6 is 11.8 Å². The summed E-state index contributed by atoms with van der Waals surface area (Å²) in [5.41, 5.74) is 3.84. The molecule has 0 bridgehead atoms. The van der Waals surface area contributed by atoms with Crippen LogP contribution in [0.25, 0.3) is 11.1 Å². The lowest BCUT2D eigenvalue weighted by Crippen LogP contribution is -2.58. The van der Waals surface area contributed by atoms with Crippen LogP contribution in [0.5, 0.6) is 0 Å². The SMILES string of the molecule is CC(C)(C)OCC(NC(=O)OCC1c2ccccc2-c2ccccc21)C(=O)N1C(C(=O)O)CSC1(C)C. The number of carbonyl (C=O) groups is 3. The number of carbonyl (C=O) groups excluding carboxylic acids is 2. The minimum Gasteiger partial charge on any atom is -0.480 e. The van der Waals surface area contributed by atoms with Crippen molar-refractivity contribution in [1.82, 2.24) is 10.2 Å². The molecule has 1 saturated heterocycles. The summed E-state index contributed by atoms with van der Waals surface area (Å²) in [4.78, 5) is 39.0. The second kappa shape index (κ2) is 10.4. The van der Waals surface area contributed by atoms with Crippen LogP contribution < -0.4 is 5.32 Å². The van der Waals surface area contributed by atoms with Gasteiger partial charge in [0, 0.05) is 11.7 Å². The van der Waals surface area contributed by atoms with Crippen molar-refractivity contribution in [2.75, 3.05) is 19.0 Å². The molecule has 2 atom stereocenters. The van der Waals surface area contributed by atoms with Crippen LogP contribution in [-0.4, -0.2) is 69.5 Å². The van der Waals surface area contributed by atoms with Crippen LogP contribution in [0.15, 0.2) is 48.5 Å². The molecule has 2 N–H and O–H groups in total. The van der Waals surface area contributed by atoms with Crippen molar-refractivity contribution in [3.63, 3.8) is 0 Å². The van der Waals surface area contributed by atoms with E-state index in [9.17, 15) is 19.5 Å². The molecule has 8 nitrogen and oxygen atoms in total. The molecule has 0 spiro atoms. The van der Waals surface area contributed by atoms with Gasteiger partial charge in [-0.1, -0.05) is 48.5 Å². The minimum atomic E-state index is -1.10. The number of hydrogen-bond donors (Lipinski definition) is 2. The van der Waals surface area contributed by atoms with Crippen molar-refractivity contribution in [3.8, 4) is 11.1 Å². The Morgan fingerprint density at radius 1 is 1.08 bits per heavy atom. The fraction of sp³-hybridized carbons (Fsp3) is 0.464. The molecule has 0 saturated carbocycles. The van der Waals surface area contributed by atoms with Gasteiger partial charge in [0.1, 0.15) is 18.7 Å². The summed E-state index contributed by atoms with van der Waals surface area (Å²) in [5.74, 6) is -1.45. The molecule has 2 aromatic rings. The molecule has 0 radical (unpaired) electrons. The Hall–Kier alpha value is -3.04. The third-order valence-electron chi connectivity index (χ3n) is 6.63. The number of carboxylic acids is 1. The summed E-state index contributed by atoms with van der Waals surface area (Å²) in [6.07, 6.45) is -0.755.